The summed E-state index contributed by atoms with van der Waals surface area (Å²) in [7, 11) is -1.11. The Kier molecular flexibility index (Phi) is 5.08. The molecule has 0 spiro atoms. The van der Waals surface area contributed by atoms with Gasteiger partial charge in [0.2, 0.25) is 0 Å². The fourth-order valence-corrected chi connectivity index (χ4v) is 1.89. The minimum absolute atomic E-state index is 0.00691. The summed E-state index contributed by atoms with van der Waals surface area (Å²) in [6, 6.07) is 4.23. The van der Waals surface area contributed by atoms with Crippen molar-refractivity contribution in [2.24, 2.45) is 0 Å². The molecule has 17 heavy (non-hydrogen) atoms. The van der Waals surface area contributed by atoms with Crippen LogP contribution in [0.5, 0.6) is 5.75 Å². The van der Waals surface area contributed by atoms with Crippen molar-refractivity contribution in [3.05, 3.63) is 29.8 Å². The number of benzene rings is 1. The Morgan fingerprint density at radius 3 is 2.47 bits per heavy atom. The summed E-state index contributed by atoms with van der Waals surface area (Å²) in [6.07, 6.45) is 0. The molecule has 0 radical (unpaired) electrons. The predicted molar refractivity (Wildman–Crippen MR) is 66.0 cm³/mol. The van der Waals surface area contributed by atoms with Gasteiger partial charge in [-0.05, 0) is 18.2 Å². The van der Waals surface area contributed by atoms with Gasteiger partial charge >= 0.3 is 0 Å². The number of ether oxygens (including phenoxy) is 2. The van der Waals surface area contributed by atoms with E-state index in [9.17, 15) is 8.78 Å². The molecule has 0 bridgehead atoms. The molecule has 1 aromatic carbocycles. The van der Waals surface area contributed by atoms with Gasteiger partial charge in [0.15, 0.2) is 18.4 Å². The van der Waals surface area contributed by atoms with Crippen LogP contribution in [0.3, 0.4) is 0 Å². The molecule has 5 heteroatoms. The first-order valence-electron chi connectivity index (χ1n) is 5.54. The van der Waals surface area contributed by atoms with Crippen LogP contribution in [0.25, 0.3) is 0 Å². The van der Waals surface area contributed by atoms with Gasteiger partial charge in [0.1, 0.15) is 5.82 Å². The number of hydrogen-bond donors (Lipinski definition) is 0. The maximum absolute atomic E-state index is 13.1. The summed E-state index contributed by atoms with van der Waals surface area (Å²) in [5, 5.41) is 0. The summed E-state index contributed by atoms with van der Waals surface area (Å²) in [5.74, 6) is -1.31. The normalized spacial score (nSPS) is 11.6. The molecule has 0 aliphatic rings. The molecule has 0 saturated heterocycles. The van der Waals surface area contributed by atoms with Gasteiger partial charge in [-0.15, -0.1) is 0 Å². The fraction of sp³-hybridized carbons (Fsp3) is 0.500. The van der Waals surface area contributed by atoms with Crippen LogP contribution >= 0.6 is 0 Å². The second-order valence-corrected chi connectivity index (χ2v) is 10.7. The Balaban J connectivity index is 2.27. The van der Waals surface area contributed by atoms with Gasteiger partial charge in [-0.1, -0.05) is 19.6 Å². The third-order valence-corrected chi connectivity index (χ3v) is 3.89. The topological polar surface area (TPSA) is 18.5 Å². The Morgan fingerprint density at radius 1 is 1.18 bits per heavy atom. The molecule has 0 heterocycles. The molecule has 0 atom stereocenters. The van der Waals surface area contributed by atoms with Crippen LogP contribution < -0.4 is 4.74 Å². The molecule has 0 aliphatic carbocycles. The SMILES string of the molecule is C[Si](C)(C)CCOCOc1ccc(F)cc1F. The zero-order valence-electron chi connectivity index (χ0n) is 10.4. The average molecular weight is 260 g/mol. The van der Waals surface area contributed by atoms with E-state index >= 15 is 0 Å². The minimum Gasteiger partial charge on any atom is -0.464 e. The van der Waals surface area contributed by atoms with E-state index < -0.39 is 19.7 Å². The van der Waals surface area contributed by atoms with Crippen LogP contribution in [0, 0.1) is 11.6 Å². The van der Waals surface area contributed by atoms with Crippen LogP contribution in [-0.4, -0.2) is 21.5 Å². The molecule has 0 aliphatic heterocycles. The first kappa shape index (κ1) is 14.1. The van der Waals surface area contributed by atoms with Gasteiger partial charge in [0, 0.05) is 20.7 Å². The monoisotopic (exact) mass is 260 g/mol. The Morgan fingerprint density at radius 2 is 1.88 bits per heavy atom. The van der Waals surface area contributed by atoms with Crippen molar-refractivity contribution in [2.75, 3.05) is 13.4 Å². The van der Waals surface area contributed by atoms with E-state index in [0.717, 1.165) is 18.2 Å². The molecule has 0 N–H and O–H groups in total. The lowest BCUT2D eigenvalue weighted by atomic mass is 10.3. The molecule has 0 saturated carbocycles. The van der Waals surface area contributed by atoms with Crippen LogP contribution in [0.4, 0.5) is 8.78 Å². The lowest BCUT2D eigenvalue weighted by Gasteiger charge is -2.15. The highest BCUT2D eigenvalue weighted by molar-refractivity contribution is 6.76. The summed E-state index contributed by atoms with van der Waals surface area (Å²) in [5.41, 5.74) is 0. The summed E-state index contributed by atoms with van der Waals surface area (Å²) >= 11 is 0. The van der Waals surface area contributed by atoms with Crippen LogP contribution in [-0.2, 0) is 4.74 Å². The van der Waals surface area contributed by atoms with Crippen molar-refractivity contribution in [3.63, 3.8) is 0 Å². The molecule has 2 nitrogen and oxygen atoms in total. The van der Waals surface area contributed by atoms with Gasteiger partial charge in [-0.25, -0.2) is 8.78 Å². The first-order valence-corrected chi connectivity index (χ1v) is 9.25. The van der Waals surface area contributed by atoms with Crippen molar-refractivity contribution in [1.29, 1.82) is 0 Å². The zero-order valence-corrected chi connectivity index (χ0v) is 11.4. The lowest BCUT2D eigenvalue weighted by Crippen LogP contribution is -2.22. The quantitative estimate of drug-likeness (QED) is 0.441. The first-order chi connectivity index (χ1) is 7.88. The largest absolute Gasteiger partial charge is 0.464 e. The number of hydrogen-bond acceptors (Lipinski definition) is 2. The van der Waals surface area contributed by atoms with E-state index in [1.54, 1.807) is 0 Å². The van der Waals surface area contributed by atoms with E-state index in [-0.39, 0.29) is 12.5 Å². The zero-order chi connectivity index (χ0) is 12.9. The highest BCUT2D eigenvalue weighted by atomic mass is 28.3. The van der Waals surface area contributed by atoms with Crippen molar-refractivity contribution in [1.82, 2.24) is 0 Å². The van der Waals surface area contributed by atoms with E-state index in [1.807, 2.05) is 0 Å². The van der Waals surface area contributed by atoms with Gasteiger partial charge in [0.05, 0.1) is 0 Å². The summed E-state index contributed by atoms with van der Waals surface area (Å²) < 4.78 is 36.0. The predicted octanol–water partition coefficient (Wildman–Crippen LogP) is 3.66. The Labute approximate surface area is 102 Å². The number of rotatable bonds is 6. The van der Waals surface area contributed by atoms with E-state index in [4.69, 9.17) is 9.47 Å². The van der Waals surface area contributed by atoms with E-state index in [0.29, 0.717) is 6.61 Å². The fourth-order valence-electron chi connectivity index (χ4n) is 1.13. The third kappa shape index (κ3) is 5.79. The van der Waals surface area contributed by atoms with Crippen molar-refractivity contribution in [3.8, 4) is 5.75 Å². The van der Waals surface area contributed by atoms with Crippen molar-refractivity contribution >= 4 is 8.07 Å². The minimum atomic E-state index is -1.11. The number of halogens is 2. The second-order valence-electron chi connectivity index (χ2n) is 5.06. The highest BCUT2D eigenvalue weighted by Crippen LogP contribution is 2.17. The van der Waals surface area contributed by atoms with Gasteiger partial charge < -0.3 is 9.47 Å². The van der Waals surface area contributed by atoms with Gasteiger partial charge in [0.25, 0.3) is 0 Å². The maximum Gasteiger partial charge on any atom is 0.189 e. The smallest absolute Gasteiger partial charge is 0.189 e. The molecular formula is C12H18F2O2Si. The van der Waals surface area contributed by atoms with Crippen molar-refractivity contribution in [2.45, 2.75) is 25.7 Å². The molecule has 1 aromatic rings. The summed E-state index contributed by atoms with van der Waals surface area (Å²) in [4.78, 5) is 0. The van der Waals surface area contributed by atoms with E-state index in [1.165, 1.54) is 6.07 Å². The molecule has 96 valence electrons. The summed E-state index contributed by atoms with van der Waals surface area (Å²) in [6.45, 7) is 7.34. The third-order valence-electron chi connectivity index (χ3n) is 2.19. The average Bonchev–Trinajstić information content (AvgIpc) is 2.18. The van der Waals surface area contributed by atoms with Crippen LogP contribution in [0.15, 0.2) is 18.2 Å². The van der Waals surface area contributed by atoms with Gasteiger partial charge in [-0.3, -0.25) is 0 Å². The molecule has 0 aromatic heterocycles. The molecule has 1 rings (SSSR count). The Hall–Kier alpha value is -0.943. The van der Waals surface area contributed by atoms with Crippen LogP contribution in [0.2, 0.25) is 25.7 Å². The standard InChI is InChI=1S/C12H18F2O2Si/c1-17(2,3)7-6-15-9-16-12-5-4-10(13)8-11(12)14/h4-5,8H,6-7,9H2,1-3H3. The van der Waals surface area contributed by atoms with Crippen molar-refractivity contribution < 1.29 is 18.3 Å². The maximum atomic E-state index is 13.1. The molecule has 0 unspecified atom stereocenters. The molecule has 0 amide bonds. The highest BCUT2D eigenvalue weighted by Gasteiger charge is 2.12. The van der Waals surface area contributed by atoms with Crippen LogP contribution in [0.1, 0.15) is 0 Å². The van der Waals surface area contributed by atoms with Gasteiger partial charge in [-0.2, -0.15) is 0 Å². The molecular weight excluding hydrogens is 242 g/mol. The molecule has 0 fully saturated rings. The Bertz CT molecular complexity index is 364. The van der Waals surface area contributed by atoms with E-state index in [2.05, 4.69) is 19.6 Å². The lowest BCUT2D eigenvalue weighted by molar-refractivity contribution is 0.0197. The second kappa shape index (κ2) is 6.12.